The summed E-state index contributed by atoms with van der Waals surface area (Å²) < 4.78 is 16.8. The van der Waals surface area contributed by atoms with Crippen molar-refractivity contribution in [2.24, 2.45) is 22.7 Å². The number of alkyl halides is 1. The normalized spacial score (nSPS) is 51.9. The fourth-order valence-electron chi connectivity index (χ4n) is 7.16. The lowest BCUT2D eigenvalue weighted by Crippen LogP contribution is -2.69. The molecule has 27 heavy (non-hydrogen) atoms. The topological polar surface area (TPSA) is 94.8 Å². The maximum Gasteiger partial charge on any atom is 0.190 e. The Morgan fingerprint density at radius 2 is 1.93 bits per heavy atom. The largest absolute Gasteiger partial charge is 0.390 e. The van der Waals surface area contributed by atoms with Gasteiger partial charge in [0.1, 0.15) is 17.9 Å². The molecular formula is C21H29FO5. The predicted octanol–water partition coefficient (Wildman–Crippen LogP) is 1.87. The van der Waals surface area contributed by atoms with Gasteiger partial charge in [-0.05, 0) is 50.5 Å². The first-order valence-electron chi connectivity index (χ1n) is 10.0. The number of allylic oxidation sites excluding steroid dienone is 1. The van der Waals surface area contributed by atoms with Crippen molar-refractivity contribution in [3.8, 4) is 0 Å². The average Bonchev–Trinajstić information content (AvgIpc) is 2.88. The summed E-state index contributed by atoms with van der Waals surface area (Å²) in [6.07, 6.45) is 2.65. The van der Waals surface area contributed by atoms with Gasteiger partial charge in [0.2, 0.25) is 0 Å². The summed E-state index contributed by atoms with van der Waals surface area (Å²) >= 11 is 0. The average molecular weight is 380 g/mol. The zero-order valence-corrected chi connectivity index (χ0v) is 16.0. The number of hydrogen-bond acceptors (Lipinski definition) is 5. The number of hydrogen-bond donors (Lipinski definition) is 3. The quantitative estimate of drug-likeness (QED) is 0.680. The lowest BCUT2D eigenvalue weighted by Gasteiger charge is -2.63. The molecule has 0 spiro atoms. The van der Waals surface area contributed by atoms with E-state index in [9.17, 15) is 24.9 Å². The molecule has 0 bridgehead atoms. The van der Waals surface area contributed by atoms with Crippen molar-refractivity contribution in [3.63, 3.8) is 0 Å². The van der Waals surface area contributed by atoms with E-state index >= 15 is 4.39 Å². The summed E-state index contributed by atoms with van der Waals surface area (Å²) in [5.41, 5.74) is -4.68. The van der Waals surface area contributed by atoms with Gasteiger partial charge >= 0.3 is 0 Å². The van der Waals surface area contributed by atoms with E-state index in [1.54, 1.807) is 13.0 Å². The van der Waals surface area contributed by atoms with E-state index in [0.29, 0.717) is 25.7 Å². The third-order valence-electron chi connectivity index (χ3n) is 8.80. The minimum Gasteiger partial charge on any atom is -0.390 e. The van der Waals surface area contributed by atoms with Gasteiger partial charge in [0.05, 0.1) is 6.10 Å². The molecule has 0 amide bonds. The van der Waals surface area contributed by atoms with Crippen molar-refractivity contribution in [1.29, 1.82) is 0 Å². The third kappa shape index (κ3) is 2.10. The number of carbonyl (C=O) groups excluding carboxylic acids is 2. The second kappa shape index (κ2) is 5.71. The van der Waals surface area contributed by atoms with Crippen LogP contribution in [0.5, 0.6) is 0 Å². The Balaban J connectivity index is 1.80. The van der Waals surface area contributed by atoms with Crippen molar-refractivity contribution < 1.29 is 29.3 Å². The Kier molecular flexibility index (Phi) is 4.06. The predicted molar refractivity (Wildman–Crippen MR) is 95.5 cm³/mol. The standard InChI is InChI=1S/C21H29FO5/c1-18-7-5-13(24)9-12(18)3-4-15-14-6-8-20(27,17(26)11-23)19(14,2)10-16(25)21(15,18)22/h9,14-16,23,25,27H,3-8,10-11H2,1-2H3/t14-,15-,16+,18-,19-,20-,21-/m0/s1. The molecule has 4 aliphatic carbocycles. The van der Waals surface area contributed by atoms with Crippen LogP contribution >= 0.6 is 0 Å². The highest BCUT2D eigenvalue weighted by molar-refractivity contribution is 5.92. The molecular weight excluding hydrogens is 351 g/mol. The summed E-state index contributed by atoms with van der Waals surface area (Å²) in [5.74, 6) is -1.36. The number of halogens is 1. The molecule has 3 saturated carbocycles. The van der Waals surface area contributed by atoms with E-state index < -0.39 is 46.5 Å². The molecule has 3 N–H and O–H groups in total. The van der Waals surface area contributed by atoms with Crippen LogP contribution in [-0.2, 0) is 9.59 Å². The molecule has 4 aliphatic rings. The number of aliphatic hydroxyl groups excluding tert-OH is 2. The highest BCUT2D eigenvalue weighted by Crippen LogP contribution is 2.70. The second-order valence-corrected chi connectivity index (χ2v) is 9.61. The van der Waals surface area contributed by atoms with Crippen LogP contribution in [0.1, 0.15) is 58.8 Å². The van der Waals surface area contributed by atoms with Crippen molar-refractivity contribution in [2.45, 2.75) is 76.2 Å². The molecule has 5 nitrogen and oxygen atoms in total. The molecule has 0 aromatic heterocycles. The molecule has 150 valence electrons. The van der Waals surface area contributed by atoms with Crippen LogP contribution in [0.3, 0.4) is 0 Å². The second-order valence-electron chi connectivity index (χ2n) is 9.61. The molecule has 3 fully saturated rings. The van der Waals surface area contributed by atoms with E-state index in [0.717, 1.165) is 5.57 Å². The summed E-state index contributed by atoms with van der Waals surface area (Å²) in [5, 5.41) is 31.5. The minimum atomic E-state index is -1.88. The monoisotopic (exact) mass is 380 g/mol. The Morgan fingerprint density at radius 3 is 2.59 bits per heavy atom. The van der Waals surface area contributed by atoms with Crippen LogP contribution in [0.15, 0.2) is 11.6 Å². The van der Waals surface area contributed by atoms with Gasteiger partial charge in [-0.2, -0.15) is 0 Å². The number of aliphatic hydroxyl groups is 3. The SMILES string of the molecule is C[C@]12CCC(=O)C=C1CC[C@H]1[C@@H]3CC[C@](O)(C(=O)CO)[C@@]3(C)C[C@@H](O)[C@@]12F. The van der Waals surface area contributed by atoms with E-state index in [1.807, 2.05) is 6.92 Å². The molecule has 6 heteroatoms. The van der Waals surface area contributed by atoms with Gasteiger partial charge in [0, 0.05) is 23.2 Å². The van der Waals surface area contributed by atoms with Crippen LogP contribution in [-0.4, -0.2) is 50.9 Å². The number of Topliss-reactive ketones (excluding diaryl/α,β-unsaturated/α-hetero) is 1. The van der Waals surface area contributed by atoms with E-state index in [1.165, 1.54) is 0 Å². The van der Waals surface area contributed by atoms with E-state index in [-0.39, 0.29) is 31.0 Å². The van der Waals surface area contributed by atoms with Crippen LogP contribution in [0.4, 0.5) is 4.39 Å². The fourth-order valence-corrected chi connectivity index (χ4v) is 7.16. The first-order chi connectivity index (χ1) is 12.5. The summed E-state index contributed by atoms with van der Waals surface area (Å²) in [6, 6.07) is 0. The highest BCUT2D eigenvalue weighted by Gasteiger charge is 2.74. The molecule has 0 saturated heterocycles. The first kappa shape index (κ1) is 19.2. The van der Waals surface area contributed by atoms with Crippen molar-refractivity contribution in [1.82, 2.24) is 0 Å². The highest BCUT2D eigenvalue weighted by atomic mass is 19.1. The number of carbonyl (C=O) groups is 2. The molecule has 0 aromatic rings. The molecule has 0 heterocycles. The van der Waals surface area contributed by atoms with Gasteiger partial charge in [-0.25, -0.2) is 4.39 Å². The van der Waals surface area contributed by atoms with Crippen LogP contribution in [0, 0.1) is 22.7 Å². The Morgan fingerprint density at radius 1 is 1.22 bits per heavy atom. The molecule has 4 rings (SSSR count). The number of rotatable bonds is 2. The molecule has 0 aromatic carbocycles. The molecule has 7 atom stereocenters. The summed E-state index contributed by atoms with van der Waals surface area (Å²) in [7, 11) is 0. The van der Waals surface area contributed by atoms with Crippen LogP contribution in [0.2, 0.25) is 0 Å². The zero-order chi connectivity index (χ0) is 19.8. The Hall–Kier alpha value is -1.11. The lowest BCUT2D eigenvalue weighted by atomic mass is 9.44. The van der Waals surface area contributed by atoms with Gasteiger partial charge < -0.3 is 15.3 Å². The fraction of sp³-hybridized carbons (Fsp3) is 0.810. The van der Waals surface area contributed by atoms with E-state index in [2.05, 4.69) is 0 Å². The molecule has 0 aliphatic heterocycles. The minimum absolute atomic E-state index is 0.0171. The third-order valence-corrected chi connectivity index (χ3v) is 8.80. The van der Waals surface area contributed by atoms with E-state index in [4.69, 9.17) is 0 Å². The zero-order valence-electron chi connectivity index (χ0n) is 16.0. The van der Waals surface area contributed by atoms with Gasteiger partial charge in [-0.1, -0.05) is 19.4 Å². The number of ketones is 2. The Bertz CT molecular complexity index is 734. The molecule has 0 unspecified atom stereocenters. The smallest absolute Gasteiger partial charge is 0.190 e. The van der Waals surface area contributed by atoms with Crippen molar-refractivity contribution in [2.75, 3.05) is 6.61 Å². The lowest BCUT2D eigenvalue weighted by molar-refractivity contribution is -0.226. The molecule has 0 radical (unpaired) electrons. The number of fused-ring (bicyclic) bond motifs is 5. The summed E-state index contributed by atoms with van der Waals surface area (Å²) in [4.78, 5) is 24.2. The summed E-state index contributed by atoms with van der Waals surface area (Å²) in [6.45, 7) is 2.83. The Labute approximate surface area is 158 Å². The maximum atomic E-state index is 16.8. The van der Waals surface area contributed by atoms with Gasteiger partial charge in [-0.3, -0.25) is 9.59 Å². The maximum absolute atomic E-state index is 16.8. The van der Waals surface area contributed by atoms with Crippen LogP contribution < -0.4 is 0 Å². The van der Waals surface area contributed by atoms with Gasteiger partial charge in [0.15, 0.2) is 11.6 Å². The van der Waals surface area contributed by atoms with Gasteiger partial charge in [0.25, 0.3) is 0 Å². The van der Waals surface area contributed by atoms with Crippen LogP contribution in [0.25, 0.3) is 0 Å². The van der Waals surface area contributed by atoms with Crippen molar-refractivity contribution >= 4 is 11.6 Å². The van der Waals surface area contributed by atoms with Gasteiger partial charge in [-0.15, -0.1) is 0 Å². The van der Waals surface area contributed by atoms with Crippen molar-refractivity contribution in [3.05, 3.63) is 11.6 Å². The first-order valence-corrected chi connectivity index (χ1v) is 10.0.